The van der Waals surface area contributed by atoms with Gasteiger partial charge in [-0.2, -0.15) is 4.98 Å². The van der Waals surface area contributed by atoms with Crippen LogP contribution in [0, 0.1) is 5.82 Å². The number of aromatic nitrogens is 3. The number of anilines is 6. The molecule has 0 atom stereocenters. The molecule has 3 heterocycles. The molecule has 11 nitrogen and oxygen atoms in total. The maximum absolute atomic E-state index is 13.8. The van der Waals surface area contributed by atoms with E-state index in [0.29, 0.717) is 43.1 Å². The SMILES string of the molecule is COc1nc(N2CCC(O)CC2)ccc1N(Cl)c1cncnc1Nc1ccc(F)cc1NS(C)(=O)=O. The number of ether oxygens (including phenoxy) is 1. The molecule has 3 N–H and O–H groups in total. The maximum Gasteiger partial charge on any atom is 0.241 e. The van der Waals surface area contributed by atoms with Gasteiger partial charge in [-0.05, 0) is 37.1 Å². The molecule has 14 heteroatoms. The fraction of sp³-hybridized carbons (Fsp3) is 0.318. The molecule has 0 saturated carbocycles. The molecular weight excluding hydrogens is 513 g/mol. The minimum Gasteiger partial charge on any atom is -0.479 e. The Balaban J connectivity index is 1.64. The minimum absolute atomic E-state index is 0.00145. The summed E-state index contributed by atoms with van der Waals surface area (Å²) in [5.74, 6) is 0.551. The highest BCUT2D eigenvalue weighted by Gasteiger charge is 2.23. The number of nitrogens with one attached hydrogen (secondary N) is 2. The molecule has 0 unspecified atom stereocenters. The van der Waals surface area contributed by atoms with Crippen LogP contribution in [0.1, 0.15) is 12.8 Å². The van der Waals surface area contributed by atoms with E-state index in [1.54, 1.807) is 12.1 Å². The van der Waals surface area contributed by atoms with Crippen molar-refractivity contribution in [3.8, 4) is 5.88 Å². The third kappa shape index (κ3) is 6.04. The summed E-state index contributed by atoms with van der Waals surface area (Å²) in [5, 5.41) is 12.8. The molecule has 0 amide bonds. The summed E-state index contributed by atoms with van der Waals surface area (Å²) in [4.78, 5) is 14.9. The maximum atomic E-state index is 13.8. The van der Waals surface area contributed by atoms with Gasteiger partial charge in [-0.1, -0.05) is 0 Å². The van der Waals surface area contributed by atoms with Crippen molar-refractivity contribution < 1.29 is 22.7 Å². The third-order valence-electron chi connectivity index (χ3n) is 5.45. The number of benzene rings is 1. The highest BCUT2D eigenvalue weighted by Crippen LogP contribution is 2.40. The van der Waals surface area contributed by atoms with Gasteiger partial charge in [0.1, 0.15) is 29.3 Å². The molecule has 0 radical (unpaired) electrons. The smallest absolute Gasteiger partial charge is 0.241 e. The Bertz CT molecular complexity index is 1340. The fourth-order valence-corrected chi connectivity index (χ4v) is 4.54. The molecule has 36 heavy (non-hydrogen) atoms. The first-order chi connectivity index (χ1) is 17.1. The van der Waals surface area contributed by atoms with E-state index >= 15 is 0 Å². The van der Waals surface area contributed by atoms with Crippen molar-refractivity contribution in [1.29, 1.82) is 0 Å². The Hall–Kier alpha value is -3.42. The summed E-state index contributed by atoms with van der Waals surface area (Å²) in [7, 11) is -2.20. The van der Waals surface area contributed by atoms with Gasteiger partial charge in [-0.15, -0.1) is 0 Å². The van der Waals surface area contributed by atoms with Gasteiger partial charge in [0.15, 0.2) is 5.82 Å². The number of pyridine rings is 1. The second-order valence-electron chi connectivity index (χ2n) is 8.14. The van der Waals surface area contributed by atoms with Gasteiger partial charge in [-0.25, -0.2) is 27.2 Å². The number of rotatable bonds is 8. The summed E-state index contributed by atoms with van der Waals surface area (Å²) in [6.45, 7) is 1.34. The van der Waals surface area contributed by atoms with E-state index in [9.17, 15) is 17.9 Å². The van der Waals surface area contributed by atoms with E-state index < -0.39 is 15.8 Å². The monoisotopic (exact) mass is 537 g/mol. The Morgan fingerprint density at radius 1 is 1.19 bits per heavy atom. The Kier molecular flexibility index (Phi) is 7.62. The quantitative estimate of drug-likeness (QED) is 0.367. The lowest BCUT2D eigenvalue weighted by Crippen LogP contribution is -2.36. The second-order valence-corrected chi connectivity index (χ2v) is 10.2. The standard InChI is InChI=1S/C22H25ClFN7O4S/c1-35-22-18(5-6-20(28-22)30-9-7-15(32)8-10-30)31(23)19-12-25-13-26-21(19)27-16-4-3-14(24)11-17(16)29-36(2,33)34/h3-6,11-13,15,29,32H,7-10H2,1-2H3,(H,25,26,27). The lowest BCUT2D eigenvalue weighted by molar-refractivity contribution is 0.145. The van der Waals surface area contributed by atoms with Gasteiger partial charge >= 0.3 is 0 Å². The Labute approximate surface area is 213 Å². The number of hydrogen-bond acceptors (Lipinski definition) is 10. The zero-order valence-electron chi connectivity index (χ0n) is 19.5. The van der Waals surface area contributed by atoms with Crippen LogP contribution in [-0.4, -0.2) is 61.0 Å². The number of halogens is 2. The number of nitrogens with zero attached hydrogens (tertiary/aromatic N) is 5. The van der Waals surface area contributed by atoms with Crippen LogP contribution in [0.25, 0.3) is 0 Å². The number of sulfonamides is 1. The molecule has 1 aliphatic heterocycles. The van der Waals surface area contributed by atoms with Crippen molar-refractivity contribution in [1.82, 2.24) is 15.0 Å². The van der Waals surface area contributed by atoms with Crippen LogP contribution < -0.4 is 24.1 Å². The molecule has 1 aromatic carbocycles. The number of aliphatic hydroxyl groups is 1. The van der Waals surface area contributed by atoms with Crippen molar-refractivity contribution in [2.45, 2.75) is 18.9 Å². The van der Waals surface area contributed by atoms with E-state index in [2.05, 4.69) is 29.9 Å². The van der Waals surface area contributed by atoms with Gasteiger partial charge < -0.3 is 20.1 Å². The summed E-state index contributed by atoms with van der Waals surface area (Å²) < 4.78 is 46.3. The first kappa shape index (κ1) is 25.7. The molecule has 1 saturated heterocycles. The van der Waals surface area contributed by atoms with Gasteiger partial charge in [0.25, 0.3) is 0 Å². The van der Waals surface area contributed by atoms with Crippen LogP contribution in [-0.2, 0) is 10.0 Å². The largest absolute Gasteiger partial charge is 0.479 e. The number of aliphatic hydroxyl groups excluding tert-OH is 1. The molecule has 0 aliphatic carbocycles. The average molecular weight is 538 g/mol. The Morgan fingerprint density at radius 3 is 2.64 bits per heavy atom. The first-order valence-electron chi connectivity index (χ1n) is 10.9. The number of hydrogen-bond donors (Lipinski definition) is 3. The molecule has 0 spiro atoms. The van der Waals surface area contributed by atoms with Crippen LogP contribution >= 0.6 is 11.8 Å². The molecule has 3 aromatic rings. The molecule has 192 valence electrons. The van der Waals surface area contributed by atoms with Crippen molar-refractivity contribution in [2.24, 2.45) is 0 Å². The second kappa shape index (κ2) is 10.7. The molecule has 0 bridgehead atoms. The van der Waals surface area contributed by atoms with Gasteiger partial charge in [0.05, 0.1) is 37.0 Å². The predicted octanol–water partition coefficient (Wildman–Crippen LogP) is 3.39. The molecule has 4 rings (SSSR count). The molecular formula is C22H25ClFN7O4S. The minimum atomic E-state index is -3.67. The average Bonchev–Trinajstić information content (AvgIpc) is 2.85. The fourth-order valence-electron chi connectivity index (χ4n) is 3.72. The predicted molar refractivity (Wildman–Crippen MR) is 136 cm³/mol. The summed E-state index contributed by atoms with van der Waals surface area (Å²) in [6, 6.07) is 7.15. The van der Waals surface area contributed by atoms with Crippen LogP contribution in [0.3, 0.4) is 0 Å². The van der Waals surface area contributed by atoms with E-state index in [4.69, 9.17) is 16.5 Å². The van der Waals surface area contributed by atoms with Crippen LogP contribution in [0.2, 0.25) is 0 Å². The lowest BCUT2D eigenvalue weighted by Gasteiger charge is -2.31. The topological polar surface area (TPSA) is 133 Å². The van der Waals surface area contributed by atoms with Gasteiger partial charge in [-0.3, -0.25) is 4.72 Å². The summed E-state index contributed by atoms with van der Waals surface area (Å²) in [5.41, 5.74) is 0.965. The van der Waals surface area contributed by atoms with Crippen molar-refractivity contribution in [2.75, 3.05) is 45.8 Å². The highest BCUT2D eigenvalue weighted by molar-refractivity contribution is 7.92. The Morgan fingerprint density at radius 2 is 1.94 bits per heavy atom. The lowest BCUT2D eigenvalue weighted by atomic mass is 10.1. The van der Waals surface area contributed by atoms with Crippen LogP contribution in [0.4, 0.5) is 38.8 Å². The van der Waals surface area contributed by atoms with Crippen LogP contribution in [0.15, 0.2) is 42.9 Å². The van der Waals surface area contributed by atoms with Gasteiger partial charge in [0.2, 0.25) is 15.9 Å². The summed E-state index contributed by atoms with van der Waals surface area (Å²) >= 11 is 6.69. The number of piperidine rings is 1. The van der Waals surface area contributed by atoms with Crippen molar-refractivity contribution in [3.63, 3.8) is 0 Å². The van der Waals surface area contributed by atoms with E-state index in [0.717, 1.165) is 12.3 Å². The van der Waals surface area contributed by atoms with E-state index in [-0.39, 0.29) is 29.2 Å². The van der Waals surface area contributed by atoms with Crippen molar-refractivity contribution in [3.05, 3.63) is 48.7 Å². The zero-order valence-corrected chi connectivity index (χ0v) is 21.1. The zero-order chi connectivity index (χ0) is 25.9. The van der Waals surface area contributed by atoms with Crippen LogP contribution in [0.5, 0.6) is 5.88 Å². The van der Waals surface area contributed by atoms with Crippen molar-refractivity contribution >= 4 is 56.2 Å². The number of methoxy groups -OCH3 is 1. The molecule has 1 aliphatic rings. The van der Waals surface area contributed by atoms with E-state index in [1.165, 1.54) is 36.2 Å². The normalized spacial score (nSPS) is 14.4. The first-order valence-corrected chi connectivity index (χ1v) is 13.2. The summed E-state index contributed by atoms with van der Waals surface area (Å²) in [6.07, 6.45) is 4.71. The highest BCUT2D eigenvalue weighted by atomic mass is 35.5. The molecule has 1 fully saturated rings. The van der Waals surface area contributed by atoms with Gasteiger partial charge in [0, 0.05) is 30.9 Å². The van der Waals surface area contributed by atoms with E-state index in [1.807, 2.05) is 0 Å². The third-order valence-corrected chi connectivity index (χ3v) is 6.41. The molecule has 2 aromatic heterocycles.